The number of nitrogens with zero attached hydrogens (tertiary/aromatic N) is 1. The van der Waals surface area contributed by atoms with Crippen LogP contribution in [0.1, 0.15) is 96.6 Å². The average molecular weight is 540 g/mol. The first kappa shape index (κ1) is 27.6. The van der Waals surface area contributed by atoms with E-state index in [0.717, 1.165) is 67.5 Å². The van der Waals surface area contributed by atoms with Gasteiger partial charge in [0.05, 0.1) is 0 Å². The predicted octanol–water partition coefficient (Wildman–Crippen LogP) is 6.05. The molecule has 5 aliphatic rings. The van der Waals surface area contributed by atoms with Crippen LogP contribution in [-0.4, -0.2) is 23.4 Å². The fourth-order valence-electron chi connectivity index (χ4n) is 9.59. The molecule has 6 rings (SSSR count). The molecule has 4 unspecified atom stereocenters. The smallest absolute Gasteiger partial charge is 0.125 e. The Balaban J connectivity index is 1.35. The summed E-state index contributed by atoms with van der Waals surface area (Å²) in [5.74, 6) is 0.744. The van der Waals surface area contributed by atoms with Gasteiger partial charge in [0, 0.05) is 51.7 Å². The molecule has 1 heterocycles. The second kappa shape index (κ2) is 8.95. The van der Waals surface area contributed by atoms with Crippen LogP contribution in [-0.2, 0) is 5.41 Å². The predicted molar refractivity (Wildman–Crippen MR) is 168 cm³/mol. The van der Waals surface area contributed by atoms with Crippen LogP contribution in [0.5, 0.6) is 5.75 Å². The zero-order chi connectivity index (χ0) is 28.7. The van der Waals surface area contributed by atoms with Gasteiger partial charge in [-0.2, -0.15) is 0 Å². The molecule has 0 spiro atoms. The zero-order valence-corrected chi connectivity index (χ0v) is 25.4. The van der Waals surface area contributed by atoms with Crippen molar-refractivity contribution in [2.24, 2.45) is 32.9 Å². The molecule has 0 aromatic heterocycles. The van der Waals surface area contributed by atoms with Crippen molar-refractivity contribution in [3.8, 4) is 5.75 Å². The fraction of sp³-hybridized carbons (Fsp3) is 0.583. The van der Waals surface area contributed by atoms with Crippen LogP contribution in [0.25, 0.3) is 12.7 Å². The number of benzene rings is 1. The lowest BCUT2D eigenvalue weighted by molar-refractivity contribution is -0.111. The summed E-state index contributed by atoms with van der Waals surface area (Å²) < 4.78 is 0. The third kappa shape index (κ3) is 3.70. The van der Waals surface area contributed by atoms with E-state index in [0.29, 0.717) is 11.7 Å². The highest BCUT2D eigenvalue weighted by atomic mass is 16.3. The van der Waals surface area contributed by atoms with Gasteiger partial charge in [-0.3, -0.25) is 4.99 Å². The van der Waals surface area contributed by atoms with Gasteiger partial charge in [0.1, 0.15) is 5.75 Å². The first-order valence-corrected chi connectivity index (χ1v) is 15.4. The van der Waals surface area contributed by atoms with E-state index in [4.69, 9.17) is 5.73 Å². The highest BCUT2D eigenvalue weighted by Crippen LogP contribution is 2.70. The van der Waals surface area contributed by atoms with Gasteiger partial charge < -0.3 is 16.2 Å². The molecule has 3 fully saturated rings. The zero-order valence-electron chi connectivity index (χ0n) is 25.4. The molecule has 0 bridgehead atoms. The summed E-state index contributed by atoms with van der Waals surface area (Å²) in [4.78, 5) is 4.36. The van der Waals surface area contributed by atoms with E-state index >= 15 is 0 Å². The minimum Gasteiger partial charge on any atom is -0.507 e. The second-order valence-corrected chi connectivity index (χ2v) is 14.9. The standard InChI is InChI=1S/C36H49N3O/c1-23-19-28-27(24(2)31(23)40)10-11-29-34(28,6)15-17-36(37)30-20-33(5,13-12-32(30,4)14-16-35(29,36)7)25(3)39-22-26-9-8-18-38-21-26/h10-11,18-19,21,30,39-40H,1,3,8-9,12-17,20,22,37H2,2,4-7H3/t30?,32?,33-,34?,35?,36-/m1/s1. The Bertz CT molecular complexity index is 1480. The van der Waals surface area contributed by atoms with Gasteiger partial charge in [0.25, 0.3) is 0 Å². The number of fused-ring (bicyclic) bond motifs is 7. The number of aliphatic imine (C=N–C) groups is 1. The highest BCUT2D eigenvalue weighted by molar-refractivity contribution is 5.61. The summed E-state index contributed by atoms with van der Waals surface area (Å²) in [5.41, 5.74) is 13.9. The number of phenolic OH excluding ortho intramolecular Hbond substituents is 1. The Kier molecular flexibility index (Phi) is 6.17. The number of rotatable bonds is 4. The van der Waals surface area contributed by atoms with Crippen molar-refractivity contribution in [1.82, 2.24) is 5.32 Å². The van der Waals surface area contributed by atoms with Gasteiger partial charge >= 0.3 is 0 Å². The molecule has 0 radical (unpaired) electrons. The molecule has 40 heavy (non-hydrogen) atoms. The van der Waals surface area contributed by atoms with Crippen LogP contribution in [0, 0.1) is 29.1 Å². The molecule has 0 amide bonds. The van der Waals surface area contributed by atoms with E-state index < -0.39 is 0 Å². The maximum atomic E-state index is 10.6. The number of phenols is 1. The molecule has 3 saturated carbocycles. The summed E-state index contributed by atoms with van der Waals surface area (Å²) in [6.07, 6.45) is 18.5. The molecule has 4 nitrogen and oxygen atoms in total. The lowest BCUT2D eigenvalue weighted by Crippen LogP contribution is -2.72. The van der Waals surface area contributed by atoms with Crippen molar-refractivity contribution in [3.63, 3.8) is 0 Å². The molecule has 1 aliphatic heterocycles. The Hall–Kier alpha value is -2.59. The molecule has 0 saturated heterocycles. The van der Waals surface area contributed by atoms with Crippen LogP contribution >= 0.6 is 0 Å². The summed E-state index contributed by atoms with van der Waals surface area (Å²) in [7, 11) is 0. The molecule has 4 aliphatic carbocycles. The molecule has 1 aromatic carbocycles. The van der Waals surface area contributed by atoms with E-state index in [1.54, 1.807) is 0 Å². The van der Waals surface area contributed by atoms with Crippen molar-refractivity contribution in [1.29, 1.82) is 0 Å². The minimum atomic E-state index is -0.279. The minimum absolute atomic E-state index is 0.0190. The Morgan fingerprint density at radius 3 is 2.58 bits per heavy atom. The van der Waals surface area contributed by atoms with E-state index in [1.807, 2.05) is 19.3 Å². The van der Waals surface area contributed by atoms with Gasteiger partial charge in [-0.25, -0.2) is 0 Å². The summed E-state index contributed by atoms with van der Waals surface area (Å²) in [6.45, 7) is 21.5. The number of allylic oxidation sites excluding steroid dienone is 2. The topological polar surface area (TPSA) is 70.6 Å². The Morgan fingerprint density at radius 1 is 1.10 bits per heavy atom. The molecule has 4 heteroatoms. The number of nitrogens with one attached hydrogen (secondary N) is 1. The summed E-state index contributed by atoms with van der Waals surface area (Å²) >= 11 is 0. The summed E-state index contributed by atoms with van der Waals surface area (Å²) in [6, 6.07) is 2.14. The van der Waals surface area contributed by atoms with Crippen LogP contribution in [0.3, 0.4) is 0 Å². The quantitative estimate of drug-likeness (QED) is 0.437. The van der Waals surface area contributed by atoms with E-state index in [9.17, 15) is 5.11 Å². The SMILES string of the molecule is C=C(NCC1=CN=CCC1)[C@]1(C)CCC2(C)CCC3(C)C4=CC=c5c(cc(=C)c(O)c5C)C4(C)CC[C@@]3(N)C2C1. The number of hydrogen-bond donors (Lipinski definition) is 3. The third-order valence-electron chi connectivity index (χ3n) is 12.7. The largest absolute Gasteiger partial charge is 0.507 e. The van der Waals surface area contributed by atoms with Crippen molar-refractivity contribution in [3.05, 3.63) is 63.3 Å². The number of nitrogens with two attached hydrogens (primary N) is 1. The van der Waals surface area contributed by atoms with Crippen molar-refractivity contribution < 1.29 is 5.11 Å². The highest BCUT2D eigenvalue weighted by Gasteiger charge is 2.67. The summed E-state index contributed by atoms with van der Waals surface area (Å²) in [5, 5.41) is 16.3. The van der Waals surface area contributed by atoms with Crippen LogP contribution in [0.15, 0.2) is 46.8 Å². The molecule has 4 N–H and O–H groups in total. The van der Waals surface area contributed by atoms with Crippen molar-refractivity contribution in [2.75, 3.05) is 6.54 Å². The number of hydrogen-bond acceptors (Lipinski definition) is 4. The molecular weight excluding hydrogens is 490 g/mol. The van der Waals surface area contributed by atoms with Gasteiger partial charge in [0.15, 0.2) is 0 Å². The monoisotopic (exact) mass is 539 g/mol. The second-order valence-electron chi connectivity index (χ2n) is 14.9. The van der Waals surface area contributed by atoms with Crippen molar-refractivity contribution in [2.45, 2.75) is 103 Å². The lowest BCUT2D eigenvalue weighted by atomic mass is 9.37. The van der Waals surface area contributed by atoms with Gasteiger partial charge in [0.2, 0.25) is 0 Å². The molecule has 6 atom stereocenters. The fourth-order valence-corrected chi connectivity index (χ4v) is 9.59. The van der Waals surface area contributed by atoms with Crippen LogP contribution in [0.4, 0.5) is 0 Å². The van der Waals surface area contributed by atoms with E-state index in [2.05, 4.69) is 69.4 Å². The Labute approximate surface area is 240 Å². The van der Waals surface area contributed by atoms with E-state index in [-0.39, 0.29) is 27.2 Å². The van der Waals surface area contributed by atoms with Crippen LogP contribution < -0.4 is 21.5 Å². The van der Waals surface area contributed by atoms with Crippen LogP contribution in [0.2, 0.25) is 0 Å². The third-order valence-corrected chi connectivity index (χ3v) is 12.7. The normalized spacial score (nSPS) is 39.9. The van der Waals surface area contributed by atoms with E-state index in [1.165, 1.54) is 35.2 Å². The van der Waals surface area contributed by atoms with Gasteiger partial charge in [-0.05, 0) is 104 Å². The number of aromatic hydroxyl groups is 1. The van der Waals surface area contributed by atoms with Gasteiger partial charge in [-0.1, -0.05) is 58.6 Å². The molecule has 214 valence electrons. The maximum Gasteiger partial charge on any atom is 0.125 e. The first-order valence-electron chi connectivity index (χ1n) is 15.4. The molecular formula is C36H49N3O. The van der Waals surface area contributed by atoms with Gasteiger partial charge in [-0.15, -0.1) is 0 Å². The average Bonchev–Trinajstić information content (AvgIpc) is 2.94. The maximum absolute atomic E-state index is 10.6. The first-order chi connectivity index (χ1) is 18.8. The van der Waals surface area contributed by atoms with Crippen molar-refractivity contribution >= 4 is 18.9 Å². The lowest BCUT2D eigenvalue weighted by Gasteiger charge is -2.69. The molecule has 1 aromatic rings. The Morgan fingerprint density at radius 2 is 1.85 bits per heavy atom.